The molecule has 1 aromatic heterocycles. The van der Waals surface area contributed by atoms with Crippen LogP contribution in [-0.4, -0.2) is 11.3 Å². The Labute approximate surface area is 73.8 Å². The third-order valence-corrected chi connectivity index (χ3v) is 1.91. The first-order valence-electron chi connectivity index (χ1n) is 3.31. The number of rotatable bonds is 2. The standard InChI is InChI=1S/C8H8BrNO/c1-6(5-11)7-2-3-10-8(9)4-7/h2-6H,1H3. The van der Waals surface area contributed by atoms with E-state index in [9.17, 15) is 4.79 Å². The first-order chi connectivity index (χ1) is 5.24. The highest BCUT2D eigenvalue weighted by molar-refractivity contribution is 9.10. The molecule has 0 aliphatic carbocycles. The number of pyridine rings is 1. The molecule has 0 aliphatic heterocycles. The Morgan fingerprint density at radius 3 is 3.00 bits per heavy atom. The Morgan fingerprint density at radius 1 is 1.73 bits per heavy atom. The topological polar surface area (TPSA) is 30.0 Å². The minimum absolute atomic E-state index is 0.0469. The lowest BCUT2D eigenvalue weighted by atomic mass is 10.1. The second-order valence-electron chi connectivity index (χ2n) is 2.34. The molecule has 1 atom stereocenters. The summed E-state index contributed by atoms with van der Waals surface area (Å²) in [6, 6.07) is 3.68. The van der Waals surface area contributed by atoms with Crippen LogP contribution in [0.3, 0.4) is 0 Å². The summed E-state index contributed by atoms with van der Waals surface area (Å²) in [6.07, 6.45) is 2.60. The molecule has 0 saturated carbocycles. The van der Waals surface area contributed by atoms with Crippen LogP contribution in [0.5, 0.6) is 0 Å². The summed E-state index contributed by atoms with van der Waals surface area (Å²) in [5, 5.41) is 0. The van der Waals surface area contributed by atoms with Gasteiger partial charge in [-0.25, -0.2) is 4.98 Å². The highest BCUT2D eigenvalue weighted by Gasteiger charge is 2.02. The fourth-order valence-electron chi connectivity index (χ4n) is 0.779. The second-order valence-corrected chi connectivity index (χ2v) is 3.15. The van der Waals surface area contributed by atoms with Crippen molar-refractivity contribution in [1.29, 1.82) is 0 Å². The quantitative estimate of drug-likeness (QED) is 0.557. The summed E-state index contributed by atoms with van der Waals surface area (Å²) in [4.78, 5) is 14.3. The van der Waals surface area contributed by atoms with E-state index in [1.54, 1.807) is 6.20 Å². The van der Waals surface area contributed by atoms with Crippen molar-refractivity contribution in [2.75, 3.05) is 0 Å². The van der Waals surface area contributed by atoms with Crippen LogP contribution in [0.15, 0.2) is 22.9 Å². The van der Waals surface area contributed by atoms with Crippen LogP contribution >= 0.6 is 15.9 Å². The maximum atomic E-state index is 10.4. The van der Waals surface area contributed by atoms with Gasteiger partial charge in [0.1, 0.15) is 10.9 Å². The van der Waals surface area contributed by atoms with E-state index in [-0.39, 0.29) is 5.92 Å². The highest BCUT2D eigenvalue weighted by Crippen LogP contribution is 2.15. The number of aromatic nitrogens is 1. The van der Waals surface area contributed by atoms with Gasteiger partial charge in [0.15, 0.2) is 0 Å². The van der Waals surface area contributed by atoms with Gasteiger partial charge in [0.25, 0.3) is 0 Å². The van der Waals surface area contributed by atoms with Crippen molar-refractivity contribution in [1.82, 2.24) is 4.98 Å². The first-order valence-corrected chi connectivity index (χ1v) is 4.10. The first kappa shape index (κ1) is 8.40. The molecule has 1 unspecified atom stereocenters. The molecule has 0 saturated heterocycles. The zero-order valence-corrected chi connectivity index (χ0v) is 7.71. The molecule has 0 bridgehead atoms. The highest BCUT2D eigenvalue weighted by atomic mass is 79.9. The maximum absolute atomic E-state index is 10.4. The van der Waals surface area contributed by atoms with Crippen LogP contribution < -0.4 is 0 Å². The van der Waals surface area contributed by atoms with Crippen molar-refractivity contribution in [3.05, 3.63) is 28.5 Å². The molecular formula is C8H8BrNO. The van der Waals surface area contributed by atoms with E-state index in [2.05, 4.69) is 20.9 Å². The molecule has 0 fully saturated rings. The molecule has 0 radical (unpaired) electrons. The van der Waals surface area contributed by atoms with E-state index in [0.717, 1.165) is 16.5 Å². The Hall–Kier alpha value is -0.700. The van der Waals surface area contributed by atoms with Gasteiger partial charge < -0.3 is 4.79 Å². The van der Waals surface area contributed by atoms with Crippen molar-refractivity contribution >= 4 is 22.2 Å². The third-order valence-electron chi connectivity index (χ3n) is 1.48. The summed E-state index contributed by atoms with van der Waals surface area (Å²) in [7, 11) is 0. The van der Waals surface area contributed by atoms with Crippen LogP contribution in [0, 0.1) is 0 Å². The lowest BCUT2D eigenvalue weighted by molar-refractivity contribution is -0.108. The Balaban J connectivity index is 2.95. The van der Waals surface area contributed by atoms with Gasteiger partial charge in [0.05, 0.1) is 0 Å². The van der Waals surface area contributed by atoms with Crippen LogP contribution in [-0.2, 0) is 4.79 Å². The van der Waals surface area contributed by atoms with E-state index in [1.807, 2.05) is 19.1 Å². The minimum Gasteiger partial charge on any atom is -0.303 e. The molecule has 11 heavy (non-hydrogen) atoms. The molecule has 2 nitrogen and oxygen atoms in total. The van der Waals surface area contributed by atoms with Crippen molar-refractivity contribution in [3.63, 3.8) is 0 Å². The normalized spacial score (nSPS) is 12.5. The summed E-state index contributed by atoms with van der Waals surface area (Å²) >= 11 is 3.23. The number of carbonyl (C=O) groups excluding carboxylic acids is 1. The maximum Gasteiger partial charge on any atom is 0.127 e. The second kappa shape index (κ2) is 3.62. The summed E-state index contributed by atoms with van der Waals surface area (Å²) in [6.45, 7) is 1.86. The molecule has 0 amide bonds. The van der Waals surface area contributed by atoms with Gasteiger partial charge in [-0.3, -0.25) is 0 Å². The Morgan fingerprint density at radius 2 is 2.45 bits per heavy atom. The van der Waals surface area contributed by atoms with Gasteiger partial charge in [0, 0.05) is 12.1 Å². The molecule has 1 heterocycles. The SMILES string of the molecule is CC(C=O)c1ccnc(Br)c1. The number of halogens is 1. The number of hydrogen-bond acceptors (Lipinski definition) is 2. The van der Waals surface area contributed by atoms with Crippen molar-refractivity contribution in [2.24, 2.45) is 0 Å². The monoisotopic (exact) mass is 213 g/mol. The summed E-state index contributed by atoms with van der Waals surface area (Å²) in [5.74, 6) is -0.0469. The van der Waals surface area contributed by atoms with Gasteiger partial charge in [-0.15, -0.1) is 0 Å². The van der Waals surface area contributed by atoms with E-state index >= 15 is 0 Å². The fourth-order valence-corrected chi connectivity index (χ4v) is 1.16. The van der Waals surface area contributed by atoms with Crippen molar-refractivity contribution in [2.45, 2.75) is 12.8 Å². The summed E-state index contributed by atoms with van der Waals surface area (Å²) in [5.41, 5.74) is 0.988. The Kier molecular flexibility index (Phi) is 2.76. The smallest absolute Gasteiger partial charge is 0.127 e. The fraction of sp³-hybridized carbons (Fsp3) is 0.250. The van der Waals surface area contributed by atoms with Crippen LogP contribution in [0.1, 0.15) is 18.4 Å². The van der Waals surface area contributed by atoms with Crippen molar-refractivity contribution < 1.29 is 4.79 Å². The number of hydrogen-bond donors (Lipinski definition) is 0. The van der Waals surface area contributed by atoms with Gasteiger partial charge in [-0.05, 0) is 33.6 Å². The molecule has 58 valence electrons. The Bertz CT molecular complexity index is 262. The molecule has 0 N–H and O–H groups in total. The third kappa shape index (κ3) is 2.12. The van der Waals surface area contributed by atoms with Gasteiger partial charge in [0.2, 0.25) is 0 Å². The van der Waals surface area contributed by atoms with Crippen LogP contribution in [0.25, 0.3) is 0 Å². The van der Waals surface area contributed by atoms with Gasteiger partial charge in [-0.2, -0.15) is 0 Å². The largest absolute Gasteiger partial charge is 0.303 e. The lowest BCUT2D eigenvalue weighted by Crippen LogP contribution is -1.94. The van der Waals surface area contributed by atoms with E-state index in [1.165, 1.54) is 0 Å². The van der Waals surface area contributed by atoms with E-state index in [0.29, 0.717) is 0 Å². The van der Waals surface area contributed by atoms with Gasteiger partial charge in [-0.1, -0.05) is 6.92 Å². The number of aldehydes is 1. The van der Waals surface area contributed by atoms with Crippen LogP contribution in [0.4, 0.5) is 0 Å². The summed E-state index contributed by atoms with van der Waals surface area (Å²) < 4.78 is 0.767. The predicted molar refractivity (Wildman–Crippen MR) is 46.4 cm³/mol. The zero-order valence-electron chi connectivity index (χ0n) is 6.12. The molecule has 1 aromatic rings. The van der Waals surface area contributed by atoms with Crippen LogP contribution in [0.2, 0.25) is 0 Å². The average molecular weight is 214 g/mol. The molecule has 0 spiro atoms. The lowest BCUT2D eigenvalue weighted by Gasteiger charge is -2.02. The minimum atomic E-state index is -0.0469. The molecule has 1 rings (SSSR count). The zero-order chi connectivity index (χ0) is 8.27. The van der Waals surface area contributed by atoms with Gasteiger partial charge >= 0.3 is 0 Å². The van der Waals surface area contributed by atoms with Crippen molar-refractivity contribution in [3.8, 4) is 0 Å². The molecule has 0 aromatic carbocycles. The average Bonchev–Trinajstić information content (AvgIpc) is 2.03. The molecule has 0 aliphatic rings. The predicted octanol–water partition coefficient (Wildman–Crippen LogP) is 2.15. The molecular weight excluding hydrogens is 206 g/mol. The molecule has 3 heteroatoms. The number of nitrogens with zero attached hydrogens (tertiary/aromatic N) is 1. The van der Waals surface area contributed by atoms with E-state index in [4.69, 9.17) is 0 Å². The van der Waals surface area contributed by atoms with E-state index < -0.39 is 0 Å². The number of carbonyl (C=O) groups is 1.